The monoisotopic (exact) mass is 259 g/mol. The summed E-state index contributed by atoms with van der Waals surface area (Å²) >= 11 is 1.33. The summed E-state index contributed by atoms with van der Waals surface area (Å²) in [6.45, 7) is 0. The van der Waals surface area contributed by atoms with Gasteiger partial charge in [0.05, 0.1) is 22.5 Å². The van der Waals surface area contributed by atoms with Crippen LogP contribution in [0.1, 0.15) is 10.4 Å². The lowest BCUT2D eigenvalue weighted by atomic mass is 10.2. The molecule has 0 bridgehead atoms. The lowest BCUT2D eigenvalue weighted by Crippen LogP contribution is -2.02. The maximum atomic E-state index is 11.2. The van der Waals surface area contributed by atoms with Crippen LogP contribution in [-0.4, -0.2) is 23.5 Å². The summed E-state index contributed by atoms with van der Waals surface area (Å²) in [6.07, 6.45) is 0. The molecule has 5 nitrogen and oxygen atoms in total. The van der Waals surface area contributed by atoms with Crippen molar-refractivity contribution in [1.82, 2.24) is 0 Å². The molecule has 0 aromatic heterocycles. The van der Waals surface area contributed by atoms with Crippen molar-refractivity contribution in [2.24, 2.45) is 0 Å². The van der Waals surface area contributed by atoms with Crippen LogP contribution in [-0.2, 0) is 4.74 Å². The number of benzene rings is 1. The third-order valence-corrected chi connectivity index (χ3v) is 3.14. The number of nitro benzene ring substituents is 1. The summed E-state index contributed by atoms with van der Waals surface area (Å²) in [7, 11) is 3.71. The number of carbonyl (C=O) groups is 1. The van der Waals surface area contributed by atoms with Crippen molar-refractivity contribution in [3.05, 3.63) is 33.9 Å². The van der Waals surface area contributed by atoms with Gasteiger partial charge in [-0.3, -0.25) is 10.1 Å². The second-order valence-corrected chi connectivity index (χ2v) is 4.80. The van der Waals surface area contributed by atoms with Crippen molar-refractivity contribution < 1.29 is 14.5 Å². The number of carbonyl (C=O) groups excluding carboxylic acids is 1. The van der Waals surface area contributed by atoms with Crippen LogP contribution in [0.4, 0.5) is 5.69 Å². The molecule has 86 valence electrons. The molecule has 1 unspecified atom stereocenters. The highest BCUT2D eigenvalue weighted by atomic mass is 32.2. The van der Waals surface area contributed by atoms with Gasteiger partial charge in [0.2, 0.25) is 0 Å². The second kappa shape index (κ2) is 5.82. The predicted octanol–water partition coefficient (Wildman–Crippen LogP) is 2.31. The molecule has 0 spiro atoms. The highest BCUT2D eigenvalue weighted by molar-refractivity contribution is 8.02. The molecule has 0 radical (unpaired) electrons. The van der Waals surface area contributed by atoms with Crippen molar-refractivity contribution in [2.45, 2.75) is 4.90 Å². The van der Waals surface area contributed by atoms with Gasteiger partial charge < -0.3 is 4.74 Å². The largest absolute Gasteiger partial charge is 0.465 e. The molecule has 0 heterocycles. The van der Waals surface area contributed by atoms with Crippen LogP contribution in [0.15, 0.2) is 23.1 Å². The predicted molar refractivity (Wildman–Crippen MR) is 64.9 cm³/mol. The van der Waals surface area contributed by atoms with E-state index in [2.05, 4.69) is 14.0 Å². The fourth-order valence-electron chi connectivity index (χ4n) is 1.12. The van der Waals surface area contributed by atoms with Gasteiger partial charge >= 0.3 is 5.97 Å². The molecule has 7 heteroatoms. The number of nitrogens with zero attached hydrogens (tertiary/aromatic N) is 1. The number of rotatable bonds is 4. The van der Waals surface area contributed by atoms with Gasteiger partial charge in [-0.1, -0.05) is 0 Å². The zero-order valence-corrected chi connectivity index (χ0v) is 10.5. The second-order valence-electron chi connectivity index (χ2n) is 2.74. The van der Waals surface area contributed by atoms with Crippen LogP contribution < -0.4 is 0 Å². The Balaban J connectivity index is 3.17. The number of thioether (sulfide) groups is 1. The van der Waals surface area contributed by atoms with Crippen LogP contribution in [0.5, 0.6) is 0 Å². The van der Waals surface area contributed by atoms with Crippen LogP contribution in [0.25, 0.3) is 0 Å². The minimum Gasteiger partial charge on any atom is -0.465 e. The van der Waals surface area contributed by atoms with Crippen LogP contribution >= 0.6 is 21.0 Å². The van der Waals surface area contributed by atoms with E-state index in [1.807, 2.05) is 0 Å². The van der Waals surface area contributed by atoms with Crippen molar-refractivity contribution >= 4 is 32.7 Å². The first-order valence-corrected chi connectivity index (χ1v) is 6.10. The van der Waals surface area contributed by atoms with E-state index >= 15 is 0 Å². The Morgan fingerprint density at radius 2 is 2.31 bits per heavy atom. The minimum atomic E-state index is -0.578. The Morgan fingerprint density at radius 3 is 2.81 bits per heavy atom. The van der Waals surface area contributed by atoms with Gasteiger partial charge in [0, 0.05) is 11.6 Å². The summed E-state index contributed by atoms with van der Waals surface area (Å²) in [4.78, 5) is 22.0. The normalized spacial score (nSPS) is 9.88. The highest BCUT2D eigenvalue weighted by Gasteiger charge is 2.17. The molecule has 1 rings (SSSR count). The number of hydrogen-bond donors (Lipinski definition) is 0. The Kier molecular flexibility index (Phi) is 4.71. The Bertz CT molecular complexity index is 424. The average molecular weight is 259 g/mol. The maximum Gasteiger partial charge on any atom is 0.338 e. The van der Waals surface area contributed by atoms with Gasteiger partial charge in [-0.15, -0.1) is 21.0 Å². The standard InChI is InChI=1S/C9H10NO4PS/c1-14-9(11)6-2-3-8(16-5-15)7(4-6)10(12)13/h2-4H,5,15H2,1H3. The number of nitro groups is 1. The fourth-order valence-corrected chi connectivity index (χ4v) is 2.28. The topological polar surface area (TPSA) is 69.4 Å². The molecular formula is C9H10NO4PS. The SMILES string of the molecule is COC(=O)c1ccc(SCP)c([N+](=O)[O-])c1. The molecule has 16 heavy (non-hydrogen) atoms. The minimum absolute atomic E-state index is 0.0737. The van der Waals surface area contributed by atoms with Crippen molar-refractivity contribution in [3.8, 4) is 0 Å². The molecule has 0 fully saturated rings. The first-order chi connectivity index (χ1) is 7.60. The number of hydrogen-bond acceptors (Lipinski definition) is 5. The Morgan fingerprint density at radius 1 is 1.62 bits per heavy atom. The molecule has 1 atom stereocenters. The lowest BCUT2D eigenvalue weighted by molar-refractivity contribution is -0.387. The summed E-state index contributed by atoms with van der Waals surface area (Å²) in [5.74, 6) is -0.578. The van der Waals surface area contributed by atoms with Gasteiger partial charge in [-0.2, -0.15) is 0 Å². The number of ether oxygens (including phenoxy) is 1. The van der Waals surface area contributed by atoms with E-state index in [9.17, 15) is 14.9 Å². The summed E-state index contributed by atoms with van der Waals surface area (Å²) in [5.41, 5.74) is 0.760. The average Bonchev–Trinajstić information content (AvgIpc) is 2.28. The van der Waals surface area contributed by atoms with E-state index in [0.29, 0.717) is 10.4 Å². The summed E-state index contributed by atoms with van der Waals surface area (Å²) < 4.78 is 4.50. The molecule has 0 aliphatic rings. The van der Waals surface area contributed by atoms with Gasteiger partial charge in [-0.05, 0) is 12.1 Å². The number of methoxy groups -OCH3 is 1. The smallest absolute Gasteiger partial charge is 0.338 e. The molecule has 0 aliphatic heterocycles. The van der Waals surface area contributed by atoms with Crippen molar-refractivity contribution in [2.75, 3.05) is 12.6 Å². The van der Waals surface area contributed by atoms with E-state index < -0.39 is 10.9 Å². The molecule has 0 saturated heterocycles. The van der Waals surface area contributed by atoms with Crippen molar-refractivity contribution in [3.63, 3.8) is 0 Å². The molecule has 0 amide bonds. The first kappa shape index (κ1) is 12.9. The third-order valence-electron chi connectivity index (χ3n) is 1.82. The zero-order chi connectivity index (χ0) is 12.1. The molecule has 1 aromatic rings. The van der Waals surface area contributed by atoms with E-state index in [0.717, 1.165) is 0 Å². The summed E-state index contributed by atoms with van der Waals surface area (Å²) in [5, 5.41) is 10.8. The van der Waals surface area contributed by atoms with Gasteiger partial charge in [0.25, 0.3) is 5.69 Å². The van der Waals surface area contributed by atoms with E-state index in [1.54, 1.807) is 6.07 Å². The van der Waals surface area contributed by atoms with Gasteiger partial charge in [0.15, 0.2) is 0 Å². The molecule has 0 N–H and O–H groups in total. The molecular weight excluding hydrogens is 249 g/mol. The van der Waals surface area contributed by atoms with Crippen molar-refractivity contribution in [1.29, 1.82) is 0 Å². The van der Waals surface area contributed by atoms with E-state index in [-0.39, 0.29) is 11.3 Å². The highest BCUT2D eigenvalue weighted by Crippen LogP contribution is 2.31. The first-order valence-electron chi connectivity index (χ1n) is 4.29. The van der Waals surface area contributed by atoms with Crippen LogP contribution in [0.2, 0.25) is 0 Å². The molecule has 0 saturated carbocycles. The maximum absolute atomic E-state index is 11.2. The number of esters is 1. The van der Waals surface area contributed by atoms with Crippen LogP contribution in [0, 0.1) is 10.1 Å². The lowest BCUT2D eigenvalue weighted by Gasteiger charge is -2.03. The Labute approximate surface area is 98.9 Å². The quantitative estimate of drug-likeness (QED) is 0.273. The zero-order valence-electron chi connectivity index (χ0n) is 8.50. The van der Waals surface area contributed by atoms with Crippen LogP contribution in [0.3, 0.4) is 0 Å². The summed E-state index contributed by atoms with van der Waals surface area (Å²) in [6, 6.07) is 4.30. The van der Waals surface area contributed by atoms with Gasteiger partial charge in [0.1, 0.15) is 0 Å². The Hall–Kier alpha value is -1.13. The third kappa shape index (κ3) is 2.93. The van der Waals surface area contributed by atoms with E-state index in [1.165, 1.54) is 31.0 Å². The van der Waals surface area contributed by atoms with Gasteiger partial charge in [-0.25, -0.2) is 4.79 Å². The van der Waals surface area contributed by atoms with E-state index in [4.69, 9.17) is 0 Å². The molecule has 1 aromatic carbocycles. The molecule has 0 aliphatic carbocycles. The fraction of sp³-hybridized carbons (Fsp3) is 0.222.